The fourth-order valence-corrected chi connectivity index (χ4v) is 0.0596. The molecule has 0 amide bonds. The van der Waals surface area contributed by atoms with Crippen LogP contribution in [0.5, 0.6) is 0 Å². The molecular formula is C2H22N2Na2O10. The van der Waals surface area contributed by atoms with Crippen LogP contribution in [0.3, 0.4) is 0 Å². The molecule has 0 rings (SSSR count). The van der Waals surface area contributed by atoms with Gasteiger partial charge in [-0.05, 0) is 0 Å². The average molecular weight is 280 g/mol. The normalized spacial score (nSPS) is 4.25. The third kappa shape index (κ3) is 207. The Morgan fingerprint density at radius 1 is 0.500 bits per heavy atom. The van der Waals surface area contributed by atoms with Gasteiger partial charge in [0.15, 0.2) is 0 Å². The van der Waals surface area contributed by atoms with Crippen molar-refractivity contribution in [1.82, 2.24) is 0 Å². The van der Waals surface area contributed by atoms with Crippen molar-refractivity contribution in [3.63, 3.8) is 0 Å². The first-order valence-electron chi connectivity index (χ1n) is 1.25. The van der Waals surface area contributed by atoms with E-state index in [-0.39, 0.29) is 103 Å². The SMILES string of the molecule is O.O.O.O.O.O.O.O.O/N=C\C=N/O.[NaH].[NaH]. The molecule has 0 radical (unpaired) electrons. The van der Waals surface area contributed by atoms with Crippen molar-refractivity contribution < 1.29 is 54.2 Å². The number of nitrogens with zero attached hydrogens (tertiary/aromatic N) is 2. The summed E-state index contributed by atoms with van der Waals surface area (Å²) < 4.78 is 0. The maximum atomic E-state index is 7.56. The summed E-state index contributed by atoms with van der Waals surface area (Å²) in [5.41, 5.74) is 0. The Hall–Kier alpha value is 0.620. The van der Waals surface area contributed by atoms with Gasteiger partial charge in [0.25, 0.3) is 0 Å². The molecule has 0 aromatic heterocycles. The Morgan fingerprint density at radius 2 is 0.625 bits per heavy atom. The summed E-state index contributed by atoms with van der Waals surface area (Å²) >= 11 is 0. The van der Waals surface area contributed by atoms with E-state index in [0.29, 0.717) is 0 Å². The summed E-state index contributed by atoms with van der Waals surface area (Å²) in [7, 11) is 0. The van der Waals surface area contributed by atoms with Crippen molar-refractivity contribution in [3.05, 3.63) is 0 Å². The van der Waals surface area contributed by atoms with Crippen LogP contribution in [0, 0.1) is 0 Å². The molecular weight excluding hydrogens is 258 g/mol. The van der Waals surface area contributed by atoms with E-state index in [1.807, 2.05) is 0 Å². The average Bonchev–Trinajstić information content (AvgIpc) is 1.61. The molecule has 12 nitrogen and oxygen atoms in total. The van der Waals surface area contributed by atoms with Crippen LogP contribution in [0.4, 0.5) is 0 Å². The zero-order valence-electron chi connectivity index (χ0n) is 6.94. The molecule has 0 unspecified atom stereocenters. The molecule has 16 heavy (non-hydrogen) atoms. The van der Waals surface area contributed by atoms with Crippen LogP contribution in [0.25, 0.3) is 0 Å². The fraction of sp³-hybridized carbons (Fsp3) is 0. The number of rotatable bonds is 1. The second-order valence-corrected chi connectivity index (χ2v) is 0.529. The topological polar surface area (TPSA) is 317 Å². The quantitative estimate of drug-likeness (QED) is 0.204. The van der Waals surface area contributed by atoms with Gasteiger partial charge in [0.2, 0.25) is 0 Å². The monoisotopic (exact) mass is 280 g/mol. The van der Waals surface area contributed by atoms with Crippen LogP contribution in [0.15, 0.2) is 10.3 Å². The number of hydrogen-bond donors (Lipinski definition) is 2. The first kappa shape index (κ1) is 128. The van der Waals surface area contributed by atoms with E-state index in [0.717, 1.165) is 12.4 Å². The number of oxime groups is 2. The van der Waals surface area contributed by atoms with E-state index in [2.05, 4.69) is 10.3 Å². The molecule has 0 heterocycles. The van der Waals surface area contributed by atoms with Gasteiger partial charge in [0, 0.05) is 0 Å². The van der Waals surface area contributed by atoms with Crippen LogP contribution in [-0.2, 0) is 0 Å². The molecule has 0 aromatic rings. The van der Waals surface area contributed by atoms with Crippen LogP contribution >= 0.6 is 0 Å². The van der Waals surface area contributed by atoms with Gasteiger partial charge < -0.3 is 54.2 Å². The second-order valence-electron chi connectivity index (χ2n) is 0.529. The van der Waals surface area contributed by atoms with Gasteiger partial charge in [-0.2, -0.15) is 0 Å². The second kappa shape index (κ2) is 156. The van der Waals surface area contributed by atoms with E-state index in [4.69, 9.17) is 10.4 Å². The molecule has 0 aliphatic carbocycles. The zero-order chi connectivity index (χ0) is 4.83. The zero-order valence-corrected chi connectivity index (χ0v) is 6.94. The maximum absolute atomic E-state index is 7.56. The molecule has 102 valence electrons. The number of hydrogen-bond acceptors (Lipinski definition) is 4. The standard InChI is InChI=1S/C2H4N2O2.2Na.8H2O.2H/c5-3-1-2-4-6;;;;;;;;;;;;/h1-2,5-6H;;;8*1H2;;/b3-1-,4-2-;;;;;;;;;;;;. The Balaban J connectivity index is -0.00000000278. The van der Waals surface area contributed by atoms with E-state index in [1.54, 1.807) is 0 Å². The summed E-state index contributed by atoms with van der Waals surface area (Å²) in [6.45, 7) is 0. The van der Waals surface area contributed by atoms with Crippen molar-refractivity contribution in [2.45, 2.75) is 0 Å². The predicted octanol–water partition coefficient (Wildman–Crippen LogP) is -7.99. The molecule has 0 spiro atoms. The molecule has 14 heteroatoms. The molecule has 0 aromatic carbocycles. The van der Waals surface area contributed by atoms with Crippen LogP contribution in [0.2, 0.25) is 0 Å². The van der Waals surface area contributed by atoms with E-state index >= 15 is 0 Å². The van der Waals surface area contributed by atoms with Gasteiger partial charge in [0.1, 0.15) is 0 Å². The van der Waals surface area contributed by atoms with Crippen LogP contribution in [-0.4, -0.2) is 126 Å². The van der Waals surface area contributed by atoms with Crippen molar-refractivity contribution in [3.8, 4) is 0 Å². The Kier molecular flexibility index (Phi) is 1260. The summed E-state index contributed by atoms with van der Waals surface area (Å²) in [6, 6.07) is 0. The van der Waals surface area contributed by atoms with Crippen molar-refractivity contribution in [2.75, 3.05) is 0 Å². The summed E-state index contributed by atoms with van der Waals surface area (Å²) in [5.74, 6) is 0. The van der Waals surface area contributed by atoms with Crippen molar-refractivity contribution in [2.24, 2.45) is 10.3 Å². The molecule has 0 saturated carbocycles. The van der Waals surface area contributed by atoms with Crippen molar-refractivity contribution >= 4 is 71.5 Å². The van der Waals surface area contributed by atoms with Crippen LogP contribution < -0.4 is 0 Å². The molecule has 0 saturated heterocycles. The van der Waals surface area contributed by atoms with E-state index < -0.39 is 0 Å². The Bertz CT molecular complexity index is 73.2. The Labute approximate surface area is 135 Å². The third-order valence-corrected chi connectivity index (χ3v) is 0.200. The summed E-state index contributed by atoms with van der Waals surface area (Å²) in [6.07, 6.45) is 1.89. The minimum absolute atomic E-state index is 0. The van der Waals surface area contributed by atoms with Crippen LogP contribution in [0.1, 0.15) is 0 Å². The third-order valence-electron chi connectivity index (χ3n) is 0.200. The fourth-order valence-electron chi connectivity index (χ4n) is 0.0596. The predicted molar refractivity (Wildman–Crippen MR) is 63.8 cm³/mol. The molecule has 0 aliphatic rings. The molecule has 0 aliphatic heterocycles. The van der Waals surface area contributed by atoms with Gasteiger partial charge in [-0.15, -0.1) is 0 Å². The van der Waals surface area contributed by atoms with Crippen molar-refractivity contribution in [1.29, 1.82) is 0 Å². The van der Waals surface area contributed by atoms with Gasteiger partial charge in [0.05, 0.1) is 12.4 Å². The molecule has 0 atom stereocenters. The first-order chi connectivity index (χ1) is 2.91. The van der Waals surface area contributed by atoms with Gasteiger partial charge in [-0.1, -0.05) is 10.3 Å². The van der Waals surface area contributed by atoms with Gasteiger partial charge >= 0.3 is 59.1 Å². The van der Waals surface area contributed by atoms with E-state index in [1.165, 1.54) is 0 Å². The Morgan fingerprint density at radius 3 is 0.688 bits per heavy atom. The summed E-state index contributed by atoms with van der Waals surface area (Å²) in [4.78, 5) is 0. The molecule has 0 fully saturated rings. The minimum atomic E-state index is 0. The van der Waals surface area contributed by atoms with Gasteiger partial charge in [-0.25, -0.2) is 0 Å². The van der Waals surface area contributed by atoms with Gasteiger partial charge in [-0.3, -0.25) is 0 Å². The van der Waals surface area contributed by atoms with E-state index in [9.17, 15) is 0 Å². The molecule has 18 N–H and O–H groups in total. The first-order valence-corrected chi connectivity index (χ1v) is 1.25. The molecule has 0 bridgehead atoms. The summed E-state index contributed by atoms with van der Waals surface area (Å²) in [5, 5.41) is 20.1.